The van der Waals surface area contributed by atoms with E-state index < -0.39 is 0 Å². The molecule has 1 unspecified atom stereocenters. The fraction of sp³-hybridized carbons (Fsp3) is 0.267. The van der Waals surface area contributed by atoms with E-state index in [-0.39, 0.29) is 6.10 Å². The Balaban J connectivity index is 1.71. The molecule has 0 aliphatic carbocycles. The van der Waals surface area contributed by atoms with Crippen molar-refractivity contribution in [1.29, 1.82) is 0 Å². The standard InChI is InChI=1S/C15H15Br2N3O/c16-11-7-13(17)15(19-8-11)20-12-3-1-10(2-4-12)14-9-18-5-6-21-14/h1-4,7-8,14,18H,5-6,9H2,(H,19,20). The third-order valence-corrected chi connectivity index (χ3v) is 4.32. The summed E-state index contributed by atoms with van der Waals surface area (Å²) in [5.41, 5.74) is 2.19. The Kier molecular flexibility index (Phi) is 4.90. The predicted octanol–water partition coefficient (Wildman–Crippen LogP) is 4.01. The quantitative estimate of drug-likeness (QED) is 0.799. The van der Waals surface area contributed by atoms with Gasteiger partial charge in [-0.1, -0.05) is 12.1 Å². The molecule has 6 heteroatoms. The highest BCUT2D eigenvalue weighted by Crippen LogP contribution is 2.27. The number of aromatic nitrogens is 1. The Labute approximate surface area is 140 Å². The van der Waals surface area contributed by atoms with E-state index in [0.717, 1.165) is 40.1 Å². The van der Waals surface area contributed by atoms with Crippen molar-refractivity contribution in [2.24, 2.45) is 0 Å². The van der Waals surface area contributed by atoms with E-state index in [2.05, 4.69) is 59.6 Å². The summed E-state index contributed by atoms with van der Waals surface area (Å²) in [7, 11) is 0. The summed E-state index contributed by atoms with van der Waals surface area (Å²) in [5.74, 6) is 0.793. The van der Waals surface area contributed by atoms with Crippen LogP contribution in [0.2, 0.25) is 0 Å². The number of halogens is 2. The van der Waals surface area contributed by atoms with Crippen LogP contribution in [0, 0.1) is 0 Å². The zero-order valence-corrected chi connectivity index (χ0v) is 14.4. The summed E-state index contributed by atoms with van der Waals surface area (Å²) in [5, 5.41) is 6.63. The number of hydrogen-bond acceptors (Lipinski definition) is 4. The molecule has 2 N–H and O–H groups in total. The molecule has 1 atom stereocenters. The van der Waals surface area contributed by atoms with E-state index >= 15 is 0 Å². The molecule has 1 aliphatic heterocycles. The van der Waals surface area contributed by atoms with Crippen LogP contribution in [0.3, 0.4) is 0 Å². The second-order valence-corrected chi connectivity index (χ2v) is 6.56. The minimum Gasteiger partial charge on any atom is -0.371 e. The average molecular weight is 413 g/mol. The number of anilines is 2. The van der Waals surface area contributed by atoms with Crippen LogP contribution in [0.4, 0.5) is 11.5 Å². The van der Waals surface area contributed by atoms with Crippen LogP contribution in [0.25, 0.3) is 0 Å². The second kappa shape index (κ2) is 6.87. The van der Waals surface area contributed by atoms with Crippen molar-refractivity contribution < 1.29 is 4.74 Å². The summed E-state index contributed by atoms with van der Waals surface area (Å²) in [6.07, 6.45) is 1.91. The number of ether oxygens (including phenoxy) is 1. The van der Waals surface area contributed by atoms with Crippen LogP contribution in [-0.2, 0) is 4.74 Å². The van der Waals surface area contributed by atoms with Gasteiger partial charge in [-0.05, 0) is 55.6 Å². The number of morpholine rings is 1. The highest BCUT2D eigenvalue weighted by Gasteiger charge is 2.15. The number of pyridine rings is 1. The maximum atomic E-state index is 5.75. The van der Waals surface area contributed by atoms with Gasteiger partial charge in [-0.25, -0.2) is 4.98 Å². The highest BCUT2D eigenvalue weighted by molar-refractivity contribution is 9.11. The molecule has 0 amide bonds. The number of rotatable bonds is 3. The largest absolute Gasteiger partial charge is 0.371 e. The van der Waals surface area contributed by atoms with Crippen LogP contribution in [0.1, 0.15) is 11.7 Å². The zero-order chi connectivity index (χ0) is 14.7. The maximum absolute atomic E-state index is 5.75. The second-order valence-electron chi connectivity index (χ2n) is 4.79. The molecule has 0 spiro atoms. The van der Waals surface area contributed by atoms with Gasteiger partial charge in [0, 0.05) is 29.4 Å². The van der Waals surface area contributed by atoms with E-state index in [4.69, 9.17) is 4.74 Å². The first-order chi connectivity index (χ1) is 10.2. The van der Waals surface area contributed by atoms with Crippen LogP contribution < -0.4 is 10.6 Å². The Morgan fingerprint density at radius 3 is 2.71 bits per heavy atom. The Hall–Kier alpha value is -0.950. The van der Waals surface area contributed by atoms with E-state index in [0.29, 0.717) is 0 Å². The lowest BCUT2D eigenvalue weighted by molar-refractivity contribution is 0.0277. The predicted molar refractivity (Wildman–Crippen MR) is 90.9 cm³/mol. The monoisotopic (exact) mass is 411 g/mol. The number of nitrogens with one attached hydrogen (secondary N) is 2. The molecule has 0 radical (unpaired) electrons. The number of benzene rings is 1. The van der Waals surface area contributed by atoms with Gasteiger partial charge in [0.25, 0.3) is 0 Å². The van der Waals surface area contributed by atoms with Crippen molar-refractivity contribution in [3.63, 3.8) is 0 Å². The number of hydrogen-bond donors (Lipinski definition) is 2. The summed E-state index contributed by atoms with van der Waals surface area (Å²) in [6, 6.07) is 10.2. The smallest absolute Gasteiger partial charge is 0.144 e. The van der Waals surface area contributed by atoms with Gasteiger partial charge >= 0.3 is 0 Å². The molecular weight excluding hydrogens is 398 g/mol. The molecule has 0 saturated carbocycles. The lowest BCUT2D eigenvalue weighted by Crippen LogP contribution is -2.33. The van der Waals surface area contributed by atoms with Crippen molar-refractivity contribution in [2.45, 2.75) is 6.10 Å². The molecule has 3 rings (SSSR count). The van der Waals surface area contributed by atoms with Gasteiger partial charge in [0.1, 0.15) is 5.82 Å². The van der Waals surface area contributed by atoms with Gasteiger partial charge in [0.05, 0.1) is 17.2 Å². The molecule has 2 heterocycles. The molecule has 0 bridgehead atoms. The molecule has 1 saturated heterocycles. The molecule has 1 fully saturated rings. The van der Waals surface area contributed by atoms with Crippen LogP contribution in [-0.4, -0.2) is 24.7 Å². The minimum absolute atomic E-state index is 0.144. The summed E-state index contributed by atoms with van der Waals surface area (Å²) in [4.78, 5) is 4.35. The van der Waals surface area contributed by atoms with Gasteiger partial charge in [-0.15, -0.1) is 0 Å². The van der Waals surface area contributed by atoms with Crippen molar-refractivity contribution >= 4 is 43.4 Å². The molecule has 1 aliphatic rings. The summed E-state index contributed by atoms with van der Waals surface area (Å²) in [6.45, 7) is 2.56. The third-order valence-electron chi connectivity index (χ3n) is 3.28. The normalized spacial score (nSPS) is 18.5. The van der Waals surface area contributed by atoms with E-state index in [9.17, 15) is 0 Å². The molecule has 1 aromatic carbocycles. The minimum atomic E-state index is 0.144. The van der Waals surface area contributed by atoms with Gasteiger partial charge < -0.3 is 15.4 Å². The van der Waals surface area contributed by atoms with Gasteiger partial charge in [-0.3, -0.25) is 0 Å². The van der Waals surface area contributed by atoms with Crippen LogP contribution in [0.5, 0.6) is 0 Å². The van der Waals surface area contributed by atoms with E-state index in [1.165, 1.54) is 5.56 Å². The highest BCUT2D eigenvalue weighted by atomic mass is 79.9. The maximum Gasteiger partial charge on any atom is 0.144 e. The van der Waals surface area contributed by atoms with Crippen molar-refractivity contribution in [2.75, 3.05) is 25.0 Å². The van der Waals surface area contributed by atoms with E-state index in [1.54, 1.807) is 6.20 Å². The summed E-state index contributed by atoms with van der Waals surface area (Å²) >= 11 is 6.89. The van der Waals surface area contributed by atoms with E-state index in [1.807, 2.05) is 18.2 Å². The van der Waals surface area contributed by atoms with Gasteiger partial charge in [0.2, 0.25) is 0 Å². The van der Waals surface area contributed by atoms with Gasteiger partial charge in [-0.2, -0.15) is 0 Å². The first-order valence-corrected chi connectivity index (χ1v) is 8.31. The first kappa shape index (κ1) is 15.0. The fourth-order valence-corrected chi connectivity index (χ4v) is 3.29. The molecule has 110 valence electrons. The third kappa shape index (κ3) is 3.83. The molecule has 21 heavy (non-hydrogen) atoms. The Bertz CT molecular complexity index is 613. The van der Waals surface area contributed by atoms with Crippen LogP contribution in [0.15, 0.2) is 45.5 Å². The Morgan fingerprint density at radius 2 is 2.05 bits per heavy atom. The molecule has 4 nitrogen and oxygen atoms in total. The summed E-state index contributed by atoms with van der Waals surface area (Å²) < 4.78 is 7.61. The van der Waals surface area contributed by atoms with Gasteiger partial charge in [0.15, 0.2) is 0 Å². The average Bonchev–Trinajstić information content (AvgIpc) is 2.52. The molecular formula is C15H15Br2N3O. The molecule has 1 aromatic heterocycles. The fourth-order valence-electron chi connectivity index (χ4n) is 2.20. The lowest BCUT2D eigenvalue weighted by Gasteiger charge is -2.24. The molecule has 2 aromatic rings. The first-order valence-electron chi connectivity index (χ1n) is 6.73. The van der Waals surface area contributed by atoms with Crippen molar-refractivity contribution in [3.05, 3.63) is 51.0 Å². The number of nitrogens with zero attached hydrogens (tertiary/aromatic N) is 1. The SMILES string of the molecule is Brc1cnc(Nc2ccc(C3CNCCO3)cc2)c(Br)c1. The van der Waals surface area contributed by atoms with Crippen molar-refractivity contribution in [3.8, 4) is 0 Å². The van der Waals surface area contributed by atoms with Crippen molar-refractivity contribution in [1.82, 2.24) is 10.3 Å². The lowest BCUT2D eigenvalue weighted by atomic mass is 10.1. The zero-order valence-electron chi connectivity index (χ0n) is 11.3. The van der Waals surface area contributed by atoms with Crippen LogP contribution >= 0.6 is 31.9 Å². The topological polar surface area (TPSA) is 46.2 Å². The Morgan fingerprint density at radius 1 is 1.24 bits per heavy atom.